The number of nitrogens with zero attached hydrogens (tertiary/aromatic N) is 2. The fraction of sp³-hybridized carbons (Fsp3) is 0.346. The molecule has 186 valence electrons. The lowest BCUT2D eigenvalue weighted by Gasteiger charge is -2.20. The number of rotatable bonds is 9. The molecule has 0 saturated carbocycles. The SMILES string of the molecule is CCOc1cc(/C=C2/SC(=NC(C)C)N(C(C)C)C2=O)cc(Cl)c1OCC(=O)Nc1ccccc1. The Balaban J connectivity index is 1.82. The molecule has 1 fully saturated rings. The summed E-state index contributed by atoms with van der Waals surface area (Å²) >= 11 is 7.86. The number of para-hydroxylation sites is 1. The quantitative estimate of drug-likeness (QED) is 0.424. The van der Waals surface area contributed by atoms with Crippen LogP contribution in [0.5, 0.6) is 11.5 Å². The fourth-order valence-electron chi connectivity index (χ4n) is 3.33. The van der Waals surface area contributed by atoms with Gasteiger partial charge in [0.2, 0.25) is 0 Å². The summed E-state index contributed by atoms with van der Waals surface area (Å²) in [6, 6.07) is 12.6. The summed E-state index contributed by atoms with van der Waals surface area (Å²) in [7, 11) is 0. The summed E-state index contributed by atoms with van der Waals surface area (Å²) in [5, 5.41) is 3.73. The van der Waals surface area contributed by atoms with Gasteiger partial charge in [-0.3, -0.25) is 19.5 Å². The van der Waals surface area contributed by atoms with E-state index in [4.69, 9.17) is 21.1 Å². The lowest BCUT2D eigenvalue weighted by Crippen LogP contribution is -2.35. The second-order valence-electron chi connectivity index (χ2n) is 8.35. The number of carbonyl (C=O) groups excluding carboxylic acids is 2. The van der Waals surface area contributed by atoms with Gasteiger partial charge in [0.05, 0.1) is 16.5 Å². The van der Waals surface area contributed by atoms with E-state index in [1.54, 1.807) is 35.2 Å². The highest BCUT2D eigenvalue weighted by molar-refractivity contribution is 8.18. The third kappa shape index (κ3) is 7.02. The first-order chi connectivity index (χ1) is 16.7. The average molecular weight is 516 g/mol. The highest BCUT2D eigenvalue weighted by Gasteiger charge is 2.35. The molecule has 1 saturated heterocycles. The molecule has 1 aliphatic rings. The van der Waals surface area contributed by atoms with Crippen LogP contribution in [-0.2, 0) is 9.59 Å². The summed E-state index contributed by atoms with van der Waals surface area (Å²) in [5.41, 5.74) is 1.36. The van der Waals surface area contributed by atoms with Gasteiger partial charge in [-0.15, -0.1) is 0 Å². The monoisotopic (exact) mass is 515 g/mol. The molecule has 0 spiro atoms. The second kappa shape index (κ2) is 12.1. The third-order valence-electron chi connectivity index (χ3n) is 4.76. The average Bonchev–Trinajstić information content (AvgIpc) is 3.08. The number of hydrogen-bond acceptors (Lipinski definition) is 6. The molecule has 1 heterocycles. The maximum Gasteiger partial charge on any atom is 0.266 e. The van der Waals surface area contributed by atoms with Crippen LogP contribution < -0.4 is 14.8 Å². The van der Waals surface area contributed by atoms with Crippen molar-refractivity contribution in [2.45, 2.75) is 46.7 Å². The number of halogens is 1. The molecule has 2 aromatic rings. The van der Waals surface area contributed by atoms with E-state index in [0.29, 0.717) is 33.7 Å². The molecular formula is C26H30ClN3O4S. The van der Waals surface area contributed by atoms with Gasteiger partial charge in [-0.05, 0) is 82.3 Å². The van der Waals surface area contributed by atoms with Gasteiger partial charge in [0.25, 0.3) is 11.8 Å². The molecule has 0 bridgehead atoms. The zero-order chi connectivity index (χ0) is 25.5. The van der Waals surface area contributed by atoms with Crippen molar-refractivity contribution in [2.24, 2.45) is 4.99 Å². The first kappa shape index (κ1) is 26.6. The third-order valence-corrected chi connectivity index (χ3v) is 6.03. The number of aliphatic imine (C=N–C) groups is 1. The Morgan fingerprint density at radius 3 is 2.51 bits per heavy atom. The van der Waals surface area contributed by atoms with Gasteiger partial charge < -0.3 is 14.8 Å². The number of ether oxygens (including phenoxy) is 2. The van der Waals surface area contributed by atoms with Crippen LogP contribution in [0.25, 0.3) is 6.08 Å². The zero-order valence-corrected chi connectivity index (χ0v) is 22.1. The number of amides is 2. The number of benzene rings is 2. The van der Waals surface area contributed by atoms with Crippen LogP contribution >= 0.6 is 23.4 Å². The van der Waals surface area contributed by atoms with Gasteiger partial charge in [-0.2, -0.15) is 0 Å². The van der Waals surface area contributed by atoms with Crippen molar-refractivity contribution in [3.63, 3.8) is 0 Å². The van der Waals surface area contributed by atoms with Gasteiger partial charge in [0.15, 0.2) is 23.3 Å². The first-order valence-electron chi connectivity index (χ1n) is 11.4. The molecule has 3 rings (SSSR count). The Labute approximate surface area is 215 Å². The molecule has 1 aliphatic heterocycles. The molecule has 0 atom stereocenters. The van der Waals surface area contributed by atoms with Gasteiger partial charge >= 0.3 is 0 Å². The minimum atomic E-state index is -0.320. The number of hydrogen-bond donors (Lipinski definition) is 1. The van der Waals surface area contributed by atoms with Crippen molar-refractivity contribution in [3.05, 3.63) is 58.0 Å². The van der Waals surface area contributed by atoms with Crippen molar-refractivity contribution < 1.29 is 19.1 Å². The molecule has 2 aromatic carbocycles. The Morgan fingerprint density at radius 1 is 1.17 bits per heavy atom. The molecule has 0 radical (unpaired) electrons. The standard InChI is InChI=1S/C26H30ClN3O4S/c1-6-33-21-13-18(14-22-25(32)30(17(4)5)26(35-22)28-16(2)3)12-20(27)24(21)34-15-23(31)29-19-10-8-7-9-11-19/h7-14,16-17H,6,15H2,1-5H3,(H,29,31)/b22-14+,28-26?. The Bertz CT molecular complexity index is 1130. The highest BCUT2D eigenvalue weighted by Crippen LogP contribution is 2.39. The van der Waals surface area contributed by atoms with E-state index in [0.717, 1.165) is 0 Å². The van der Waals surface area contributed by atoms with Crippen molar-refractivity contribution >= 4 is 52.1 Å². The van der Waals surface area contributed by atoms with Crippen molar-refractivity contribution in [3.8, 4) is 11.5 Å². The zero-order valence-electron chi connectivity index (χ0n) is 20.5. The van der Waals surface area contributed by atoms with E-state index in [-0.39, 0.29) is 41.3 Å². The van der Waals surface area contributed by atoms with Gasteiger partial charge in [0.1, 0.15) is 0 Å². The number of nitrogens with one attached hydrogen (secondary N) is 1. The molecule has 0 aromatic heterocycles. The normalized spacial score (nSPS) is 16.0. The molecule has 9 heteroatoms. The summed E-state index contributed by atoms with van der Waals surface area (Å²) < 4.78 is 11.5. The smallest absolute Gasteiger partial charge is 0.266 e. The summed E-state index contributed by atoms with van der Waals surface area (Å²) in [6.45, 7) is 9.86. The highest BCUT2D eigenvalue weighted by atomic mass is 35.5. The molecule has 1 N–H and O–H groups in total. The summed E-state index contributed by atoms with van der Waals surface area (Å²) in [4.78, 5) is 32.2. The van der Waals surface area contributed by atoms with Crippen LogP contribution in [0.4, 0.5) is 5.69 Å². The fourth-order valence-corrected chi connectivity index (χ4v) is 4.84. The van der Waals surface area contributed by atoms with E-state index in [9.17, 15) is 9.59 Å². The molecule has 7 nitrogen and oxygen atoms in total. The molecule has 2 amide bonds. The molecule has 35 heavy (non-hydrogen) atoms. The van der Waals surface area contributed by atoms with E-state index < -0.39 is 0 Å². The lowest BCUT2D eigenvalue weighted by atomic mass is 10.1. The number of carbonyl (C=O) groups is 2. The second-order valence-corrected chi connectivity index (χ2v) is 9.77. The Kier molecular flexibility index (Phi) is 9.23. The number of amidine groups is 1. The molecule has 0 aliphatic carbocycles. The van der Waals surface area contributed by atoms with E-state index >= 15 is 0 Å². The van der Waals surface area contributed by atoms with Gasteiger partial charge in [-0.1, -0.05) is 29.8 Å². The Morgan fingerprint density at radius 2 is 1.89 bits per heavy atom. The Hall–Kier alpha value is -2.97. The first-order valence-corrected chi connectivity index (χ1v) is 12.6. The van der Waals surface area contributed by atoms with E-state index in [1.807, 2.05) is 52.8 Å². The molecular weight excluding hydrogens is 486 g/mol. The van der Waals surface area contributed by atoms with Crippen LogP contribution in [0.1, 0.15) is 40.2 Å². The number of thioether (sulfide) groups is 1. The van der Waals surface area contributed by atoms with Crippen molar-refractivity contribution in [1.29, 1.82) is 0 Å². The molecule has 0 unspecified atom stereocenters. The van der Waals surface area contributed by atoms with Crippen LogP contribution in [0.3, 0.4) is 0 Å². The van der Waals surface area contributed by atoms with Gasteiger partial charge in [0, 0.05) is 17.8 Å². The van der Waals surface area contributed by atoms with Crippen LogP contribution in [0.2, 0.25) is 5.02 Å². The summed E-state index contributed by atoms with van der Waals surface area (Å²) in [5.74, 6) is 0.248. The largest absolute Gasteiger partial charge is 0.490 e. The minimum Gasteiger partial charge on any atom is -0.490 e. The number of anilines is 1. The topological polar surface area (TPSA) is 80.2 Å². The summed E-state index contributed by atoms with van der Waals surface area (Å²) in [6.07, 6.45) is 1.77. The van der Waals surface area contributed by atoms with Crippen LogP contribution in [0.15, 0.2) is 52.4 Å². The maximum absolute atomic E-state index is 13.1. The van der Waals surface area contributed by atoms with Crippen LogP contribution in [0, 0.1) is 0 Å². The predicted molar refractivity (Wildman–Crippen MR) is 143 cm³/mol. The van der Waals surface area contributed by atoms with E-state index in [2.05, 4.69) is 10.3 Å². The van der Waals surface area contributed by atoms with Crippen LogP contribution in [-0.4, -0.2) is 47.2 Å². The van der Waals surface area contributed by atoms with Gasteiger partial charge in [-0.25, -0.2) is 0 Å². The van der Waals surface area contributed by atoms with E-state index in [1.165, 1.54) is 11.8 Å². The maximum atomic E-state index is 13.1. The predicted octanol–water partition coefficient (Wildman–Crippen LogP) is 5.85. The lowest BCUT2D eigenvalue weighted by molar-refractivity contribution is -0.123. The van der Waals surface area contributed by atoms with Crippen molar-refractivity contribution in [2.75, 3.05) is 18.5 Å². The minimum absolute atomic E-state index is 0.0150. The van der Waals surface area contributed by atoms with Crippen molar-refractivity contribution in [1.82, 2.24) is 4.90 Å².